The Labute approximate surface area is 110 Å². The summed E-state index contributed by atoms with van der Waals surface area (Å²) in [4.78, 5) is 10.7. The lowest BCUT2D eigenvalue weighted by atomic mass is 10.1. The standard InChI is InChI=1S/C15H11NO3/c1-10-2-4-11(5-3-10)14-7-6-13(19-14)8-12(9-16)15(17)18/h2-8H,1H3,(H,17,18). The van der Waals surface area contributed by atoms with Crippen molar-refractivity contribution in [3.8, 4) is 17.4 Å². The number of rotatable bonds is 3. The summed E-state index contributed by atoms with van der Waals surface area (Å²) in [5, 5.41) is 17.4. The molecule has 0 saturated heterocycles. The molecule has 1 N–H and O–H groups in total. The Morgan fingerprint density at radius 2 is 1.95 bits per heavy atom. The Morgan fingerprint density at radius 1 is 1.26 bits per heavy atom. The summed E-state index contributed by atoms with van der Waals surface area (Å²) in [5.41, 5.74) is 1.69. The third-order valence-corrected chi connectivity index (χ3v) is 2.60. The van der Waals surface area contributed by atoms with E-state index in [0.29, 0.717) is 11.5 Å². The summed E-state index contributed by atoms with van der Waals surface area (Å²) >= 11 is 0. The number of aryl methyl sites for hydroxylation is 1. The molecule has 0 aliphatic rings. The molecule has 0 fully saturated rings. The van der Waals surface area contributed by atoms with E-state index in [0.717, 1.165) is 11.1 Å². The number of carbonyl (C=O) groups is 1. The van der Waals surface area contributed by atoms with Crippen molar-refractivity contribution in [2.24, 2.45) is 0 Å². The lowest BCUT2D eigenvalue weighted by Crippen LogP contribution is -1.96. The zero-order valence-corrected chi connectivity index (χ0v) is 10.3. The van der Waals surface area contributed by atoms with Crippen molar-refractivity contribution in [2.45, 2.75) is 6.92 Å². The molecule has 0 saturated carbocycles. The first kappa shape index (κ1) is 12.7. The molecule has 94 valence electrons. The minimum atomic E-state index is -1.27. The molecule has 0 amide bonds. The number of benzene rings is 1. The molecule has 0 radical (unpaired) electrons. The Morgan fingerprint density at radius 3 is 2.53 bits per heavy atom. The van der Waals surface area contributed by atoms with E-state index in [1.54, 1.807) is 18.2 Å². The molecule has 2 rings (SSSR count). The normalized spacial score (nSPS) is 11.1. The molecule has 0 aliphatic heterocycles. The molecule has 2 aromatic rings. The van der Waals surface area contributed by atoms with Gasteiger partial charge in [-0.2, -0.15) is 5.26 Å². The first-order chi connectivity index (χ1) is 9.10. The van der Waals surface area contributed by atoms with E-state index in [4.69, 9.17) is 14.8 Å². The summed E-state index contributed by atoms with van der Waals surface area (Å²) in [6.45, 7) is 1.99. The van der Waals surface area contributed by atoms with E-state index >= 15 is 0 Å². The molecule has 19 heavy (non-hydrogen) atoms. The van der Waals surface area contributed by atoms with Crippen LogP contribution in [0.1, 0.15) is 11.3 Å². The Bertz CT molecular complexity index is 672. The average Bonchev–Trinajstić information content (AvgIpc) is 2.85. The van der Waals surface area contributed by atoms with Crippen LogP contribution in [0, 0.1) is 18.3 Å². The molecule has 0 aliphatic carbocycles. The molecule has 1 aromatic carbocycles. The molecule has 0 unspecified atom stereocenters. The highest BCUT2D eigenvalue weighted by Crippen LogP contribution is 2.23. The van der Waals surface area contributed by atoms with E-state index in [2.05, 4.69) is 0 Å². The second-order valence-corrected chi connectivity index (χ2v) is 4.04. The Balaban J connectivity index is 2.32. The number of hydrogen-bond donors (Lipinski definition) is 1. The van der Waals surface area contributed by atoms with Crippen LogP contribution in [-0.2, 0) is 4.79 Å². The molecule has 1 aromatic heterocycles. The predicted octanol–water partition coefficient (Wildman–Crippen LogP) is 3.25. The second-order valence-electron chi connectivity index (χ2n) is 4.04. The summed E-state index contributed by atoms with van der Waals surface area (Å²) in [5.74, 6) is -0.292. The highest BCUT2D eigenvalue weighted by atomic mass is 16.4. The molecular formula is C15H11NO3. The number of nitriles is 1. The molecule has 0 spiro atoms. The van der Waals surface area contributed by atoms with Gasteiger partial charge in [0.2, 0.25) is 0 Å². The third-order valence-electron chi connectivity index (χ3n) is 2.60. The minimum Gasteiger partial charge on any atom is -0.477 e. The van der Waals surface area contributed by atoms with Gasteiger partial charge in [0.25, 0.3) is 0 Å². The maximum Gasteiger partial charge on any atom is 0.346 e. The number of nitrogens with zero attached hydrogens (tertiary/aromatic N) is 1. The van der Waals surface area contributed by atoms with Gasteiger partial charge in [0, 0.05) is 11.6 Å². The highest BCUT2D eigenvalue weighted by Gasteiger charge is 2.08. The van der Waals surface area contributed by atoms with Gasteiger partial charge in [0.05, 0.1) is 0 Å². The maximum atomic E-state index is 10.7. The third kappa shape index (κ3) is 2.90. The molecule has 0 bridgehead atoms. The number of furan rings is 1. The van der Waals surface area contributed by atoms with Crippen LogP contribution in [0.25, 0.3) is 17.4 Å². The summed E-state index contributed by atoms with van der Waals surface area (Å²) in [6.07, 6.45) is 1.21. The van der Waals surface area contributed by atoms with Gasteiger partial charge in [0.15, 0.2) is 0 Å². The maximum absolute atomic E-state index is 10.7. The van der Waals surface area contributed by atoms with Crippen LogP contribution in [-0.4, -0.2) is 11.1 Å². The van der Waals surface area contributed by atoms with Crippen molar-refractivity contribution in [2.75, 3.05) is 0 Å². The molecule has 4 heteroatoms. The van der Waals surface area contributed by atoms with Gasteiger partial charge in [-0.3, -0.25) is 0 Å². The predicted molar refractivity (Wildman–Crippen MR) is 70.1 cm³/mol. The van der Waals surface area contributed by atoms with Gasteiger partial charge in [0.1, 0.15) is 23.2 Å². The lowest BCUT2D eigenvalue weighted by Gasteiger charge is -1.97. The topological polar surface area (TPSA) is 74.2 Å². The highest BCUT2D eigenvalue weighted by molar-refractivity contribution is 5.96. The number of carboxylic acid groups (broad SMARTS) is 1. The van der Waals surface area contributed by atoms with Gasteiger partial charge in [-0.05, 0) is 19.1 Å². The van der Waals surface area contributed by atoms with Gasteiger partial charge < -0.3 is 9.52 Å². The van der Waals surface area contributed by atoms with Crippen molar-refractivity contribution in [3.05, 3.63) is 53.3 Å². The number of hydrogen-bond acceptors (Lipinski definition) is 3. The van der Waals surface area contributed by atoms with Gasteiger partial charge in [-0.15, -0.1) is 0 Å². The fraction of sp³-hybridized carbons (Fsp3) is 0.0667. The van der Waals surface area contributed by atoms with Crippen molar-refractivity contribution in [3.63, 3.8) is 0 Å². The van der Waals surface area contributed by atoms with Crippen molar-refractivity contribution in [1.29, 1.82) is 5.26 Å². The molecular weight excluding hydrogens is 242 g/mol. The van der Waals surface area contributed by atoms with Crippen LogP contribution in [0.15, 0.2) is 46.4 Å². The van der Waals surface area contributed by atoms with Crippen LogP contribution in [0.2, 0.25) is 0 Å². The second kappa shape index (κ2) is 5.23. The molecule has 4 nitrogen and oxygen atoms in total. The van der Waals surface area contributed by atoms with Crippen LogP contribution in [0.5, 0.6) is 0 Å². The summed E-state index contributed by atoms with van der Waals surface area (Å²) in [6, 6.07) is 12.8. The lowest BCUT2D eigenvalue weighted by molar-refractivity contribution is -0.132. The van der Waals surface area contributed by atoms with E-state index in [1.165, 1.54) is 6.08 Å². The molecule has 0 atom stereocenters. The van der Waals surface area contributed by atoms with E-state index in [-0.39, 0.29) is 5.57 Å². The van der Waals surface area contributed by atoms with Gasteiger partial charge >= 0.3 is 5.97 Å². The van der Waals surface area contributed by atoms with Gasteiger partial charge in [-0.25, -0.2) is 4.79 Å². The quantitative estimate of drug-likeness (QED) is 0.673. The largest absolute Gasteiger partial charge is 0.477 e. The number of aliphatic carboxylic acids is 1. The van der Waals surface area contributed by atoms with Crippen molar-refractivity contribution in [1.82, 2.24) is 0 Å². The summed E-state index contributed by atoms with van der Waals surface area (Å²) in [7, 11) is 0. The fourth-order valence-corrected chi connectivity index (χ4v) is 1.59. The van der Waals surface area contributed by atoms with E-state index in [1.807, 2.05) is 31.2 Å². The first-order valence-electron chi connectivity index (χ1n) is 5.62. The van der Waals surface area contributed by atoms with Crippen LogP contribution in [0.4, 0.5) is 0 Å². The Hall–Kier alpha value is -2.80. The first-order valence-corrected chi connectivity index (χ1v) is 5.62. The van der Waals surface area contributed by atoms with Gasteiger partial charge in [-0.1, -0.05) is 29.8 Å². The van der Waals surface area contributed by atoms with E-state index < -0.39 is 5.97 Å². The zero-order chi connectivity index (χ0) is 13.8. The van der Waals surface area contributed by atoms with Crippen LogP contribution >= 0.6 is 0 Å². The Kier molecular flexibility index (Phi) is 3.48. The van der Waals surface area contributed by atoms with Crippen molar-refractivity contribution >= 4 is 12.0 Å². The minimum absolute atomic E-state index is 0.342. The zero-order valence-electron chi connectivity index (χ0n) is 10.3. The van der Waals surface area contributed by atoms with Crippen LogP contribution in [0.3, 0.4) is 0 Å². The fourth-order valence-electron chi connectivity index (χ4n) is 1.59. The average molecular weight is 253 g/mol. The number of carboxylic acids is 1. The SMILES string of the molecule is Cc1ccc(-c2ccc(C=C(C#N)C(=O)O)o2)cc1. The van der Waals surface area contributed by atoms with Crippen LogP contribution < -0.4 is 0 Å². The molecule has 1 heterocycles. The monoisotopic (exact) mass is 253 g/mol. The smallest absolute Gasteiger partial charge is 0.346 e. The van der Waals surface area contributed by atoms with Crippen molar-refractivity contribution < 1.29 is 14.3 Å². The summed E-state index contributed by atoms with van der Waals surface area (Å²) < 4.78 is 5.50. The van der Waals surface area contributed by atoms with E-state index in [9.17, 15) is 4.79 Å².